The van der Waals surface area contributed by atoms with Gasteiger partial charge in [0.2, 0.25) is 0 Å². The number of hydrogen-bond acceptors (Lipinski definition) is 3. The van der Waals surface area contributed by atoms with Gasteiger partial charge < -0.3 is 10.2 Å². The van der Waals surface area contributed by atoms with Crippen LogP contribution in [0.25, 0.3) is 0 Å². The summed E-state index contributed by atoms with van der Waals surface area (Å²) in [5, 5.41) is 18.2. The third-order valence-electron chi connectivity index (χ3n) is 4.57. The molecule has 3 atom stereocenters. The van der Waals surface area contributed by atoms with Crippen LogP contribution in [0.1, 0.15) is 71.1 Å². The van der Waals surface area contributed by atoms with Crippen molar-refractivity contribution in [2.24, 2.45) is 11.8 Å². The van der Waals surface area contributed by atoms with E-state index in [1.165, 1.54) is 0 Å². The molecule has 0 heterocycles. The molecule has 1 aliphatic rings. The molecule has 0 amide bonds. The van der Waals surface area contributed by atoms with Crippen LogP contribution in [0.15, 0.2) is 12.2 Å². The summed E-state index contributed by atoms with van der Waals surface area (Å²) >= 11 is 0. The number of rotatable bonds is 11. The van der Waals surface area contributed by atoms with Gasteiger partial charge in [0.05, 0.1) is 6.10 Å². The lowest BCUT2D eigenvalue weighted by Gasteiger charge is -2.15. The average Bonchev–Trinajstić information content (AvgIpc) is 2.83. The Labute approximate surface area is 133 Å². The molecule has 126 valence electrons. The van der Waals surface area contributed by atoms with Crippen molar-refractivity contribution in [1.29, 1.82) is 0 Å². The van der Waals surface area contributed by atoms with Gasteiger partial charge in [-0.05, 0) is 31.6 Å². The lowest BCUT2D eigenvalue weighted by atomic mass is 9.89. The van der Waals surface area contributed by atoms with Crippen molar-refractivity contribution >= 4 is 11.8 Å². The molecule has 1 saturated carbocycles. The summed E-state index contributed by atoms with van der Waals surface area (Å²) in [6, 6.07) is 0. The topological polar surface area (TPSA) is 74.6 Å². The zero-order valence-corrected chi connectivity index (χ0v) is 13.7. The number of carbonyl (C=O) groups is 2. The molecule has 0 unspecified atom stereocenters. The maximum Gasteiger partial charge on any atom is 0.303 e. The van der Waals surface area contributed by atoms with Crippen molar-refractivity contribution in [3.05, 3.63) is 12.2 Å². The number of aliphatic hydroxyl groups is 1. The molecule has 1 aliphatic carbocycles. The minimum Gasteiger partial charge on any atom is -0.481 e. The molecule has 0 bridgehead atoms. The first-order valence-electron chi connectivity index (χ1n) is 8.65. The lowest BCUT2D eigenvalue weighted by molar-refractivity contribution is -0.137. The second-order valence-corrected chi connectivity index (χ2v) is 6.35. The van der Waals surface area contributed by atoms with E-state index in [1.54, 1.807) is 6.08 Å². The molecular weight excluding hydrogens is 280 g/mol. The van der Waals surface area contributed by atoms with Crippen molar-refractivity contribution in [2.75, 3.05) is 0 Å². The maximum atomic E-state index is 11.9. The van der Waals surface area contributed by atoms with E-state index in [1.807, 2.05) is 13.0 Å². The first-order chi connectivity index (χ1) is 10.5. The summed E-state index contributed by atoms with van der Waals surface area (Å²) in [6.07, 6.45) is 11.9. The number of aliphatic hydroxyl groups excluding tert-OH is 1. The molecule has 0 aromatic rings. The van der Waals surface area contributed by atoms with E-state index >= 15 is 0 Å². The van der Waals surface area contributed by atoms with Gasteiger partial charge >= 0.3 is 5.97 Å². The van der Waals surface area contributed by atoms with Crippen LogP contribution in [0.4, 0.5) is 0 Å². The summed E-state index contributed by atoms with van der Waals surface area (Å²) in [5.74, 6) is 0.0133. The van der Waals surface area contributed by atoms with Crippen LogP contribution in [-0.4, -0.2) is 28.1 Å². The summed E-state index contributed by atoms with van der Waals surface area (Å²) in [6.45, 7) is 1.92. The number of carboxylic acid groups (broad SMARTS) is 1. The van der Waals surface area contributed by atoms with Crippen molar-refractivity contribution in [3.8, 4) is 0 Å². The van der Waals surface area contributed by atoms with Crippen LogP contribution in [0.5, 0.6) is 0 Å². The fraction of sp³-hybridized carbons (Fsp3) is 0.778. The van der Waals surface area contributed by atoms with Crippen LogP contribution < -0.4 is 0 Å². The van der Waals surface area contributed by atoms with Gasteiger partial charge in [0.25, 0.3) is 0 Å². The molecule has 0 aromatic carbocycles. The number of carboxylic acids is 1. The van der Waals surface area contributed by atoms with Crippen molar-refractivity contribution in [2.45, 2.75) is 77.2 Å². The first-order valence-corrected chi connectivity index (χ1v) is 8.65. The van der Waals surface area contributed by atoms with E-state index in [9.17, 15) is 14.7 Å². The number of Topliss-reactive ketones (excluding diaryl/α,β-unsaturated/α-hetero) is 1. The molecule has 22 heavy (non-hydrogen) atoms. The number of ketones is 1. The lowest BCUT2D eigenvalue weighted by Crippen LogP contribution is -2.13. The number of allylic oxidation sites excluding steroid dienone is 1. The Bertz CT molecular complexity index is 375. The van der Waals surface area contributed by atoms with Gasteiger partial charge in [-0.2, -0.15) is 0 Å². The molecule has 1 fully saturated rings. The molecule has 2 N–H and O–H groups in total. The zero-order chi connectivity index (χ0) is 16.4. The highest BCUT2D eigenvalue weighted by atomic mass is 16.4. The summed E-state index contributed by atoms with van der Waals surface area (Å²) in [7, 11) is 0. The average molecular weight is 310 g/mol. The predicted molar refractivity (Wildman–Crippen MR) is 86.6 cm³/mol. The van der Waals surface area contributed by atoms with E-state index in [4.69, 9.17) is 5.11 Å². The monoisotopic (exact) mass is 310 g/mol. The van der Waals surface area contributed by atoms with E-state index < -0.39 is 12.1 Å². The normalized spacial score (nSPS) is 23.3. The standard InChI is InChI=1S/C18H30O4/c1-2-15(19)11-12-16-14(10-13-17(16)20)8-6-4-3-5-7-9-18(21)22/h11-12,14-16,19H,2-10,13H2,1H3,(H,21,22)/b12-11+/t14-,15+,16-/m0/s1. The van der Waals surface area contributed by atoms with E-state index in [2.05, 4.69) is 0 Å². The second kappa shape index (κ2) is 10.5. The van der Waals surface area contributed by atoms with Crippen LogP contribution in [0, 0.1) is 11.8 Å². The maximum absolute atomic E-state index is 11.9. The second-order valence-electron chi connectivity index (χ2n) is 6.35. The van der Waals surface area contributed by atoms with Crippen molar-refractivity contribution in [3.63, 3.8) is 0 Å². The Morgan fingerprint density at radius 2 is 1.95 bits per heavy atom. The van der Waals surface area contributed by atoms with Gasteiger partial charge in [0.1, 0.15) is 5.78 Å². The smallest absolute Gasteiger partial charge is 0.303 e. The quantitative estimate of drug-likeness (QED) is 0.450. The highest BCUT2D eigenvalue weighted by Crippen LogP contribution is 2.34. The van der Waals surface area contributed by atoms with Crippen molar-refractivity contribution in [1.82, 2.24) is 0 Å². The minimum absolute atomic E-state index is 0.00629. The summed E-state index contributed by atoms with van der Waals surface area (Å²) in [5.41, 5.74) is 0. The molecule has 0 aliphatic heterocycles. The highest BCUT2D eigenvalue weighted by molar-refractivity contribution is 5.85. The largest absolute Gasteiger partial charge is 0.481 e. The molecule has 0 spiro atoms. The van der Waals surface area contributed by atoms with Gasteiger partial charge in [0.15, 0.2) is 0 Å². The molecule has 1 rings (SSSR count). The van der Waals surface area contributed by atoms with Crippen LogP contribution >= 0.6 is 0 Å². The first kappa shape index (κ1) is 18.9. The third-order valence-corrected chi connectivity index (χ3v) is 4.57. The Kier molecular flexibility index (Phi) is 9.05. The highest BCUT2D eigenvalue weighted by Gasteiger charge is 2.31. The minimum atomic E-state index is -0.714. The molecule has 0 aromatic heterocycles. The Hall–Kier alpha value is -1.16. The SMILES string of the molecule is CC[C@@H](O)/C=C/[C@@H]1C(=O)CC[C@@H]1CCCCCCCC(=O)O. The third kappa shape index (κ3) is 7.21. The van der Waals surface area contributed by atoms with Crippen LogP contribution in [-0.2, 0) is 9.59 Å². The van der Waals surface area contributed by atoms with E-state index in [0.717, 1.165) is 44.9 Å². The molecule has 4 nitrogen and oxygen atoms in total. The Morgan fingerprint density at radius 1 is 1.27 bits per heavy atom. The molecule has 0 saturated heterocycles. The van der Waals surface area contributed by atoms with Gasteiger partial charge in [0, 0.05) is 18.8 Å². The van der Waals surface area contributed by atoms with Crippen LogP contribution in [0.2, 0.25) is 0 Å². The number of unbranched alkanes of at least 4 members (excludes halogenated alkanes) is 4. The number of aliphatic carboxylic acids is 1. The molecular formula is C18H30O4. The van der Waals surface area contributed by atoms with Crippen molar-refractivity contribution < 1.29 is 19.8 Å². The fourth-order valence-corrected chi connectivity index (χ4v) is 3.12. The van der Waals surface area contributed by atoms with E-state index in [0.29, 0.717) is 24.5 Å². The summed E-state index contributed by atoms with van der Waals surface area (Å²) < 4.78 is 0. The zero-order valence-electron chi connectivity index (χ0n) is 13.7. The number of carbonyl (C=O) groups excluding carboxylic acids is 1. The summed E-state index contributed by atoms with van der Waals surface area (Å²) in [4.78, 5) is 22.3. The van der Waals surface area contributed by atoms with Gasteiger partial charge in [-0.1, -0.05) is 44.8 Å². The Balaban J connectivity index is 2.22. The molecule has 4 heteroatoms. The van der Waals surface area contributed by atoms with E-state index in [-0.39, 0.29) is 12.3 Å². The predicted octanol–water partition coefficient (Wildman–Crippen LogP) is 3.72. The van der Waals surface area contributed by atoms with Gasteiger partial charge in [-0.3, -0.25) is 9.59 Å². The van der Waals surface area contributed by atoms with Gasteiger partial charge in [-0.15, -0.1) is 0 Å². The van der Waals surface area contributed by atoms with Gasteiger partial charge in [-0.25, -0.2) is 0 Å². The number of hydrogen-bond donors (Lipinski definition) is 2. The molecule has 0 radical (unpaired) electrons. The fourth-order valence-electron chi connectivity index (χ4n) is 3.12. The van der Waals surface area contributed by atoms with Crippen LogP contribution in [0.3, 0.4) is 0 Å². The Morgan fingerprint density at radius 3 is 2.64 bits per heavy atom.